The summed E-state index contributed by atoms with van der Waals surface area (Å²) in [6, 6.07) is 20.7. The van der Waals surface area contributed by atoms with Crippen LogP contribution in [0.3, 0.4) is 0 Å². The fourth-order valence-electron chi connectivity index (χ4n) is 4.28. The van der Waals surface area contributed by atoms with Crippen LogP contribution in [0.5, 0.6) is 5.75 Å². The summed E-state index contributed by atoms with van der Waals surface area (Å²) in [6.07, 6.45) is 2.90. The van der Waals surface area contributed by atoms with E-state index in [4.69, 9.17) is 9.15 Å². The van der Waals surface area contributed by atoms with E-state index in [1.807, 2.05) is 59.2 Å². The minimum Gasteiger partial charge on any atom is -0.486 e. The predicted molar refractivity (Wildman–Crippen MR) is 126 cm³/mol. The number of aromatic nitrogens is 2. The number of likely N-dealkylation sites (tertiary alicyclic amines) is 1. The van der Waals surface area contributed by atoms with E-state index in [1.54, 1.807) is 17.0 Å². The number of carbonyl (C=O) groups is 2. The van der Waals surface area contributed by atoms with Crippen LogP contribution >= 0.6 is 0 Å². The number of hydrogen-bond donors (Lipinski definition) is 1. The molecule has 0 atom stereocenters. The number of nitrogens with zero attached hydrogens (tertiary/aromatic N) is 3. The number of benzene rings is 2. The smallest absolute Gasteiger partial charge is 0.289 e. The molecule has 4 aromatic rings. The van der Waals surface area contributed by atoms with Crippen molar-refractivity contribution in [3.8, 4) is 5.75 Å². The maximum atomic E-state index is 13.0. The first-order chi connectivity index (χ1) is 16.7. The summed E-state index contributed by atoms with van der Waals surface area (Å²) in [5.74, 6) is 1.60. The Morgan fingerprint density at radius 3 is 2.53 bits per heavy atom. The largest absolute Gasteiger partial charge is 0.486 e. The minimum atomic E-state index is -0.109. The van der Waals surface area contributed by atoms with Crippen LogP contribution in [0.25, 0.3) is 11.0 Å². The van der Waals surface area contributed by atoms with Gasteiger partial charge in [-0.25, -0.2) is 4.98 Å². The van der Waals surface area contributed by atoms with Gasteiger partial charge < -0.3 is 23.9 Å². The fraction of sp³-hybridized carbons (Fsp3) is 0.269. The van der Waals surface area contributed by atoms with E-state index in [9.17, 15) is 9.59 Å². The summed E-state index contributed by atoms with van der Waals surface area (Å²) in [7, 11) is 0. The molecule has 2 aromatic heterocycles. The van der Waals surface area contributed by atoms with Gasteiger partial charge in [0.15, 0.2) is 5.76 Å². The highest BCUT2D eigenvalue weighted by Crippen LogP contribution is 2.19. The third kappa shape index (κ3) is 4.80. The number of para-hydroxylation sites is 3. The molecule has 2 amide bonds. The zero-order valence-corrected chi connectivity index (χ0v) is 18.7. The average molecular weight is 459 g/mol. The zero-order chi connectivity index (χ0) is 23.3. The van der Waals surface area contributed by atoms with Crippen LogP contribution in [0.1, 0.15) is 29.2 Å². The summed E-state index contributed by atoms with van der Waals surface area (Å²) in [5, 5.41) is 3.13. The summed E-state index contributed by atoms with van der Waals surface area (Å²) in [6.45, 7) is 1.57. The molecular formula is C26H26N4O4. The van der Waals surface area contributed by atoms with Crippen molar-refractivity contribution in [1.29, 1.82) is 0 Å². The first-order valence-electron chi connectivity index (χ1n) is 11.4. The number of carbonyl (C=O) groups excluding carboxylic acids is 2. The Morgan fingerprint density at radius 1 is 1.00 bits per heavy atom. The number of hydrogen-bond acceptors (Lipinski definition) is 5. The molecule has 8 nitrogen and oxygen atoms in total. The SMILES string of the molecule is O=C(Cn1c(COc2ccccc2)nc2ccccc21)NC1CCN(C(=O)c2ccco2)CC1. The van der Waals surface area contributed by atoms with Crippen LogP contribution in [-0.4, -0.2) is 45.4 Å². The Morgan fingerprint density at radius 2 is 1.76 bits per heavy atom. The second-order valence-corrected chi connectivity index (χ2v) is 8.32. The fourth-order valence-corrected chi connectivity index (χ4v) is 4.28. The summed E-state index contributed by atoms with van der Waals surface area (Å²) in [5.41, 5.74) is 1.72. The van der Waals surface area contributed by atoms with E-state index < -0.39 is 0 Å². The predicted octanol–water partition coefficient (Wildman–Crippen LogP) is 3.63. The maximum absolute atomic E-state index is 13.0. The second-order valence-electron chi connectivity index (χ2n) is 8.32. The Kier molecular flexibility index (Phi) is 6.29. The lowest BCUT2D eigenvalue weighted by Crippen LogP contribution is -2.47. The second kappa shape index (κ2) is 9.82. The van der Waals surface area contributed by atoms with Gasteiger partial charge in [-0.2, -0.15) is 0 Å². The minimum absolute atomic E-state index is 0.0203. The molecule has 2 aromatic carbocycles. The molecule has 1 fully saturated rings. The van der Waals surface area contributed by atoms with Gasteiger partial charge in [0.1, 0.15) is 24.7 Å². The molecule has 174 valence electrons. The number of imidazole rings is 1. The van der Waals surface area contributed by atoms with Crippen LogP contribution in [0.4, 0.5) is 0 Å². The number of furan rings is 1. The Bertz CT molecular complexity index is 1260. The molecule has 1 aliphatic rings. The highest BCUT2D eigenvalue weighted by Gasteiger charge is 2.26. The molecule has 3 heterocycles. The molecule has 1 N–H and O–H groups in total. The van der Waals surface area contributed by atoms with Crippen molar-refractivity contribution in [2.24, 2.45) is 0 Å². The van der Waals surface area contributed by atoms with Crippen LogP contribution in [0, 0.1) is 0 Å². The molecule has 0 spiro atoms. The highest BCUT2D eigenvalue weighted by atomic mass is 16.5. The summed E-state index contributed by atoms with van der Waals surface area (Å²) < 4.78 is 13.0. The van der Waals surface area contributed by atoms with Crippen molar-refractivity contribution in [1.82, 2.24) is 19.8 Å². The molecular weight excluding hydrogens is 432 g/mol. The lowest BCUT2D eigenvalue weighted by molar-refractivity contribution is -0.122. The highest BCUT2D eigenvalue weighted by molar-refractivity contribution is 5.91. The van der Waals surface area contributed by atoms with Crippen LogP contribution in [-0.2, 0) is 17.9 Å². The van der Waals surface area contributed by atoms with E-state index in [-0.39, 0.29) is 31.0 Å². The van der Waals surface area contributed by atoms with E-state index in [0.29, 0.717) is 37.5 Å². The molecule has 0 bridgehead atoms. The van der Waals surface area contributed by atoms with E-state index in [1.165, 1.54) is 6.26 Å². The Labute approximate surface area is 197 Å². The third-order valence-electron chi connectivity index (χ3n) is 6.03. The standard InChI is InChI=1S/C26H26N4O4/c31-25(27-19-12-14-29(15-13-19)26(32)23-11-6-16-33-23)17-30-22-10-5-4-9-21(22)28-24(30)18-34-20-7-2-1-3-8-20/h1-11,16,19H,12-15,17-18H2,(H,27,31). The van der Waals surface area contributed by atoms with Gasteiger partial charge in [-0.05, 0) is 49.2 Å². The topological polar surface area (TPSA) is 89.6 Å². The quantitative estimate of drug-likeness (QED) is 0.457. The van der Waals surface area contributed by atoms with Crippen molar-refractivity contribution in [3.05, 3.63) is 84.6 Å². The number of fused-ring (bicyclic) bond motifs is 1. The molecule has 0 saturated carbocycles. The van der Waals surface area contributed by atoms with Gasteiger partial charge in [-0.15, -0.1) is 0 Å². The van der Waals surface area contributed by atoms with Gasteiger partial charge in [0.25, 0.3) is 5.91 Å². The summed E-state index contributed by atoms with van der Waals surface area (Å²) >= 11 is 0. The van der Waals surface area contributed by atoms with Crippen LogP contribution < -0.4 is 10.1 Å². The molecule has 5 rings (SSSR count). The van der Waals surface area contributed by atoms with Crippen LogP contribution in [0.15, 0.2) is 77.4 Å². The van der Waals surface area contributed by atoms with E-state index >= 15 is 0 Å². The van der Waals surface area contributed by atoms with Gasteiger partial charge in [0, 0.05) is 19.1 Å². The van der Waals surface area contributed by atoms with Crippen molar-refractivity contribution < 1.29 is 18.7 Å². The number of rotatable bonds is 7. The van der Waals surface area contributed by atoms with Gasteiger partial charge in [0.05, 0.1) is 17.3 Å². The Hall–Kier alpha value is -4.07. The summed E-state index contributed by atoms with van der Waals surface area (Å²) in [4.78, 5) is 31.9. The maximum Gasteiger partial charge on any atom is 0.289 e. The Balaban J connectivity index is 1.22. The molecule has 1 aliphatic heterocycles. The van der Waals surface area contributed by atoms with Gasteiger partial charge in [0.2, 0.25) is 5.91 Å². The van der Waals surface area contributed by atoms with Crippen LogP contribution in [0.2, 0.25) is 0 Å². The molecule has 1 saturated heterocycles. The lowest BCUT2D eigenvalue weighted by atomic mass is 10.0. The monoisotopic (exact) mass is 458 g/mol. The first-order valence-corrected chi connectivity index (χ1v) is 11.4. The molecule has 34 heavy (non-hydrogen) atoms. The number of piperidine rings is 1. The van der Waals surface area contributed by atoms with Gasteiger partial charge in [-0.3, -0.25) is 9.59 Å². The number of nitrogens with one attached hydrogen (secondary N) is 1. The lowest BCUT2D eigenvalue weighted by Gasteiger charge is -2.32. The van der Waals surface area contributed by atoms with Crippen molar-refractivity contribution in [2.45, 2.75) is 32.0 Å². The van der Waals surface area contributed by atoms with E-state index in [0.717, 1.165) is 16.8 Å². The van der Waals surface area contributed by atoms with E-state index in [2.05, 4.69) is 10.3 Å². The normalized spacial score (nSPS) is 14.3. The zero-order valence-electron chi connectivity index (χ0n) is 18.7. The average Bonchev–Trinajstić information content (AvgIpc) is 3.52. The number of ether oxygens (including phenoxy) is 1. The van der Waals surface area contributed by atoms with Gasteiger partial charge >= 0.3 is 0 Å². The molecule has 8 heteroatoms. The van der Waals surface area contributed by atoms with Crippen molar-refractivity contribution in [2.75, 3.05) is 13.1 Å². The first kappa shape index (κ1) is 21.8. The van der Waals surface area contributed by atoms with Gasteiger partial charge in [-0.1, -0.05) is 30.3 Å². The van der Waals surface area contributed by atoms with Crippen molar-refractivity contribution >= 4 is 22.8 Å². The number of amides is 2. The molecule has 0 aliphatic carbocycles. The molecule has 0 unspecified atom stereocenters. The van der Waals surface area contributed by atoms with Crippen molar-refractivity contribution in [3.63, 3.8) is 0 Å². The third-order valence-corrected chi connectivity index (χ3v) is 6.03. The molecule has 0 radical (unpaired) electrons.